The van der Waals surface area contributed by atoms with E-state index in [1.54, 1.807) is 12.3 Å². The minimum absolute atomic E-state index is 0.0398. The third-order valence-electron chi connectivity index (χ3n) is 3.14. The molecule has 0 fully saturated rings. The molecule has 22 heavy (non-hydrogen) atoms. The Morgan fingerprint density at radius 1 is 1.41 bits per heavy atom. The van der Waals surface area contributed by atoms with Gasteiger partial charge in [0.15, 0.2) is 5.69 Å². The zero-order valence-electron chi connectivity index (χ0n) is 11.2. The monoisotopic (exact) mass is 312 g/mol. The summed E-state index contributed by atoms with van der Waals surface area (Å²) in [5, 5.41) is 23.3. The molecule has 0 bridgehead atoms. The van der Waals surface area contributed by atoms with Gasteiger partial charge in [-0.1, -0.05) is 17.7 Å². The minimum atomic E-state index is -1.22. The fourth-order valence-corrected chi connectivity index (χ4v) is 2.35. The van der Waals surface area contributed by atoms with Gasteiger partial charge in [0, 0.05) is 17.8 Å². The van der Waals surface area contributed by atoms with Crippen LogP contribution in [0.5, 0.6) is 0 Å². The number of pyridine rings is 1. The molecule has 0 aliphatic rings. The Labute approximate surface area is 130 Å². The molecule has 2 heterocycles. The Hall–Kier alpha value is -2.91. The number of fused-ring (bicyclic) bond motifs is 1. The zero-order chi connectivity index (χ0) is 15.7. The number of carbonyl (C=O) groups is 1. The van der Waals surface area contributed by atoms with Crippen LogP contribution in [0.15, 0.2) is 36.7 Å². The maximum absolute atomic E-state index is 11.0. The van der Waals surface area contributed by atoms with Crippen LogP contribution in [0.3, 0.4) is 0 Å². The molecular weight excluding hydrogens is 304 g/mol. The third-order valence-corrected chi connectivity index (χ3v) is 3.35. The van der Waals surface area contributed by atoms with Gasteiger partial charge in [-0.2, -0.15) is 10.4 Å². The molecule has 0 radical (unpaired) electrons. The summed E-state index contributed by atoms with van der Waals surface area (Å²) in [6.45, 7) is 0.352. The van der Waals surface area contributed by atoms with E-state index in [9.17, 15) is 4.79 Å². The van der Waals surface area contributed by atoms with Crippen LogP contribution >= 0.6 is 11.6 Å². The van der Waals surface area contributed by atoms with Gasteiger partial charge in [-0.05, 0) is 23.8 Å². The number of benzene rings is 1. The molecule has 0 atom stereocenters. The summed E-state index contributed by atoms with van der Waals surface area (Å²) in [4.78, 5) is 15.2. The topological polar surface area (TPSA) is 91.8 Å². The van der Waals surface area contributed by atoms with Crippen LogP contribution in [0, 0.1) is 11.3 Å². The Morgan fingerprint density at radius 2 is 2.23 bits per heavy atom. The van der Waals surface area contributed by atoms with Gasteiger partial charge in [0.2, 0.25) is 0 Å². The Kier molecular flexibility index (Phi) is 3.49. The van der Waals surface area contributed by atoms with Crippen molar-refractivity contribution in [3.63, 3.8) is 0 Å². The first-order valence-electron chi connectivity index (χ1n) is 6.32. The quantitative estimate of drug-likeness (QED) is 0.802. The van der Waals surface area contributed by atoms with Crippen LogP contribution in [0.4, 0.5) is 0 Å². The Balaban J connectivity index is 1.96. The minimum Gasteiger partial charge on any atom is -0.476 e. The summed E-state index contributed by atoms with van der Waals surface area (Å²) in [5.74, 6) is -1.22. The van der Waals surface area contributed by atoms with Crippen LogP contribution in [0.2, 0.25) is 5.02 Å². The van der Waals surface area contributed by atoms with Crippen molar-refractivity contribution in [1.82, 2.24) is 14.8 Å². The number of hydrogen-bond donors (Lipinski definition) is 1. The fraction of sp³-hybridized carbons (Fsp3) is 0.0667. The standard InChI is InChI=1S/C15H9ClN4O2/c16-12-4-10-3-9(1-2-13(10)18-6-12)7-20-8-11(5-17)14(19-20)15(21)22/h1-4,6,8H,7H2,(H,21,22). The summed E-state index contributed by atoms with van der Waals surface area (Å²) < 4.78 is 1.43. The first kappa shape index (κ1) is 14.0. The molecule has 0 amide bonds. The summed E-state index contributed by atoms with van der Waals surface area (Å²) in [5.41, 5.74) is 1.52. The van der Waals surface area contributed by atoms with Gasteiger partial charge in [0.25, 0.3) is 0 Å². The molecule has 1 N–H and O–H groups in total. The van der Waals surface area contributed by atoms with Crippen molar-refractivity contribution in [2.24, 2.45) is 0 Å². The summed E-state index contributed by atoms with van der Waals surface area (Å²) in [6, 6.07) is 9.27. The van der Waals surface area contributed by atoms with E-state index in [2.05, 4.69) is 10.1 Å². The molecule has 0 saturated carbocycles. The van der Waals surface area contributed by atoms with E-state index in [0.717, 1.165) is 16.5 Å². The molecule has 0 spiro atoms. The van der Waals surface area contributed by atoms with Gasteiger partial charge in [-0.25, -0.2) is 4.79 Å². The molecule has 0 aliphatic heterocycles. The van der Waals surface area contributed by atoms with E-state index in [1.807, 2.05) is 24.3 Å². The van der Waals surface area contributed by atoms with Crippen molar-refractivity contribution >= 4 is 28.5 Å². The second-order valence-corrected chi connectivity index (χ2v) is 5.12. The molecule has 3 rings (SSSR count). The second kappa shape index (κ2) is 5.47. The SMILES string of the molecule is N#Cc1cn(Cc2ccc3ncc(Cl)cc3c2)nc1C(=O)O. The lowest BCUT2D eigenvalue weighted by molar-refractivity contribution is 0.0689. The molecule has 0 unspecified atom stereocenters. The van der Waals surface area contributed by atoms with Crippen LogP contribution < -0.4 is 0 Å². The number of rotatable bonds is 3. The third kappa shape index (κ3) is 2.62. The smallest absolute Gasteiger partial charge is 0.357 e. The highest BCUT2D eigenvalue weighted by molar-refractivity contribution is 6.31. The van der Waals surface area contributed by atoms with Crippen LogP contribution in [-0.4, -0.2) is 25.8 Å². The van der Waals surface area contributed by atoms with Gasteiger partial charge in [0.1, 0.15) is 11.6 Å². The van der Waals surface area contributed by atoms with Gasteiger partial charge < -0.3 is 5.11 Å². The van der Waals surface area contributed by atoms with E-state index in [0.29, 0.717) is 11.6 Å². The van der Waals surface area contributed by atoms with Crippen LogP contribution in [-0.2, 0) is 6.54 Å². The van der Waals surface area contributed by atoms with E-state index >= 15 is 0 Å². The largest absolute Gasteiger partial charge is 0.476 e. The number of carboxylic acid groups (broad SMARTS) is 1. The van der Waals surface area contributed by atoms with Crippen LogP contribution in [0.1, 0.15) is 21.6 Å². The number of hydrogen-bond acceptors (Lipinski definition) is 4. The van der Waals surface area contributed by atoms with Crippen molar-refractivity contribution in [3.05, 3.63) is 58.5 Å². The average molecular weight is 313 g/mol. The lowest BCUT2D eigenvalue weighted by atomic mass is 10.1. The van der Waals surface area contributed by atoms with Crippen molar-refractivity contribution in [2.75, 3.05) is 0 Å². The van der Waals surface area contributed by atoms with E-state index in [-0.39, 0.29) is 11.3 Å². The number of nitriles is 1. The highest BCUT2D eigenvalue weighted by atomic mass is 35.5. The molecule has 0 aliphatic carbocycles. The van der Waals surface area contributed by atoms with E-state index in [1.165, 1.54) is 10.9 Å². The van der Waals surface area contributed by atoms with Crippen LogP contribution in [0.25, 0.3) is 10.9 Å². The molecule has 1 aromatic carbocycles. The van der Waals surface area contributed by atoms with Crippen molar-refractivity contribution < 1.29 is 9.90 Å². The van der Waals surface area contributed by atoms with E-state index < -0.39 is 5.97 Å². The van der Waals surface area contributed by atoms with E-state index in [4.69, 9.17) is 22.0 Å². The fourth-order valence-electron chi connectivity index (χ4n) is 2.18. The second-order valence-electron chi connectivity index (χ2n) is 4.69. The molecule has 7 heteroatoms. The Morgan fingerprint density at radius 3 is 2.91 bits per heavy atom. The number of nitrogens with zero attached hydrogens (tertiary/aromatic N) is 4. The van der Waals surface area contributed by atoms with Gasteiger partial charge in [-0.15, -0.1) is 0 Å². The molecule has 108 valence electrons. The van der Waals surface area contributed by atoms with Crippen molar-refractivity contribution in [2.45, 2.75) is 6.54 Å². The number of halogens is 1. The average Bonchev–Trinajstić information content (AvgIpc) is 2.90. The van der Waals surface area contributed by atoms with Crippen molar-refractivity contribution in [1.29, 1.82) is 5.26 Å². The van der Waals surface area contributed by atoms with Gasteiger partial charge in [-0.3, -0.25) is 9.67 Å². The maximum atomic E-state index is 11.0. The first-order chi connectivity index (χ1) is 10.6. The zero-order valence-corrected chi connectivity index (χ0v) is 11.9. The highest BCUT2D eigenvalue weighted by Gasteiger charge is 2.15. The molecule has 2 aromatic heterocycles. The summed E-state index contributed by atoms with van der Waals surface area (Å²) in [6.07, 6.45) is 3.00. The first-order valence-corrected chi connectivity index (χ1v) is 6.69. The molecule has 6 nitrogen and oxygen atoms in total. The number of aromatic nitrogens is 3. The predicted molar refractivity (Wildman–Crippen MR) is 79.8 cm³/mol. The predicted octanol–water partition coefficient (Wildman–Crippen LogP) is 2.70. The molecule has 3 aromatic rings. The van der Waals surface area contributed by atoms with Gasteiger partial charge >= 0.3 is 5.97 Å². The lowest BCUT2D eigenvalue weighted by Crippen LogP contribution is -2.04. The van der Waals surface area contributed by atoms with Crippen molar-refractivity contribution in [3.8, 4) is 6.07 Å². The molecular formula is C15H9ClN4O2. The number of aromatic carboxylic acids is 1. The number of carboxylic acids is 1. The highest BCUT2D eigenvalue weighted by Crippen LogP contribution is 2.19. The lowest BCUT2D eigenvalue weighted by Gasteiger charge is -2.04. The normalized spacial score (nSPS) is 10.5. The van der Waals surface area contributed by atoms with Gasteiger partial charge in [0.05, 0.1) is 17.1 Å². The Bertz CT molecular complexity index is 927. The summed E-state index contributed by atoms with van der Waals surface area (Å²) >= 11 is 5.93. The summed E-state index contributed by atoms with van der Waals surface area (Å²) in [7, 11) is 0. The molecule has 0 saturated heterocycles. The maximum Gasteiger partial charge on any atom is 0.357 e.